The van der Waals surface area contributed by atoms with Gasteiger partial charge in [0.2, 0.25) is 0 Å². The zero-order chi connectivity index (χ0) is 11.4. The minimum Gasteiger partial charge on any atom is -0.476 e. The molecule has 0 spiro atoms. The third kappa shape index (κ3) is 2.77. The Bertz CT molecular complexity index is 359. The molecule has 16 heavy (non-hydrogen) atoms. The first-order chi connectivity index (χ1) is 7.75. The number of carboxylic acids is 1. The number of nitrogens with zero attached hydrogens (tertiary/aromatic N) is 4. The molecule has 1 fully saturated rings. The van der Waals surface area contributed by atoms with Crippen molar-refractivity contribution in [2.24, 2.45) is 0 Å². The number of aromatic nitrogens is 3. The van der Waals surface area contributed by atoms with Crippen molar-refractivity contribution in [3.05, 3.63) is 11.9 Å². The monoisotopic (exact) mass is 226 g/mol. The van der Waals surface area contributed by atoms with Crippen LogP contribution >= 0.6 is 0 Å². The number of hydrogen-bond donors (Lipinski definition) is 1. The fraction of sp³-hybridized carbons (Fsp3) is 0.667. The number of aromatic carboxylic acids is 1. The average molecular weight is 226 g/mol. The highest BCUT2D eigenvalue weighted by molar-refractivity contribution is 5.84. The largest absolute Gasteiger partial charge is 0.476 e. The van der Waals surface area contributed by atoms with E-state index in [-0.39, 0.29) is 5.69 Å². The molecule has 2 rings (SSSR count). The van der Waals surface area contributed by atoms with E-state index in [0.717, 1.165) is 32.8 Å². The Hall–Kier alpha value is -1.47. The lowest BCUT2D eigenvalue weighted by atomic mass is 10.4. The third-order valence-corrected chi connectivity index (χ3v) is 2.51. The summed E-state index contributed by atoms with van der Waals surface area (Å²) in [6.07, 6.45) is 1.45. The van der Waals surface area contributed by atoms with E-state index in [1.807, 2.05) is 0 Å². The minimum atomic E-state index is -1.04. The number of morpholine rings is 1. The summed E-state index contributed by atoms with van der Waals surface area (Å²) in [5.74, 6) is -1.04. The first-order valence-electron chi connectivity index (χ1n) is 5.19. The quantitative estimate of drug-likeness (QED) is 0.731. The molecule has 0 bridgehead atoms. The van der Waals surface area contributed by atoms with Crippen LogP contribution in [0.1, 0.15) is 10.5 Å². The first-order valence-corrected chi connectivity index (χ1v) is 5.19. The molecule has 1 aromatic heterocycles. The summed E-state index contributed by atoms with van der Waals surface area (Å²) in [5.41, 5.74) is -0.0121. The summed E-state index contributed by atoms with van der Waals surface area (Å²) in [4.78, 5) is 12.8. The highest BCUT2D eigenvalue weighted by atomic mass is 16.5. The lowest BCUT2D eigenvalue weighted by Gasteiger charge is -2.26. The Labute approximate surface area is 92.6 Å². The van der Waals surface area contributed by atoms with Gasteiger partial charge in [0.25, 0.3) is 0 Å². The standard InChI is InChI=1S/C9H14N4O3/c14-9(15)8-7-13(11-10-8)2-1-12-3-5-16-6-4-12/h7H,1-6H2,(H,14,15). The Morgan fingerprint density at radius 2 is 2.19 bits per heavy atom. The molecule has 0 atom stereocenters. The summed E-state index contributed by atoms with van der Waals surface area (Å²) in [6.45, 7) is 4.85. The van der Waals surface area contributed by atoms with Crippen LogP contribution in [0.2, 0.25) is 0 Å². The zero-order valence-corrected chi connectivity index (χ0v) is 8.87. The normalized spacial score (nSPS) is 17.5. The zero-order valence-electron chi connectivity index (χ0n) is 8.87. The molecule has 1 aliphatic rings. The van der Waals surface area contributed by atoms with Gasteiger partial charge in [-0.15, -0.1) is 5.10 Å². The van der Waals surface area contributed by atoms with Gasteiger partial charge in [-0.05, 0) is 0 Å². The molecule has 1 aliphatic heterocycles. The summed E-state index contributed by atoms with van der Waals surface area (Å²) >= 11 is 0. The van der Waals surface area contributed by atoms with Gasteiger partial charge in [0.05, 0.1) is 26.0 Å². The van der Waals surface area contributed by atoms with Gasteiger partial charge in [0.1, 0.15) is 0 Å². The average Bonchev–Trinajstić information content (AvgIpc) is 2.76. The smallest absolute Gasteiger partial charge is 0.358 e. The Kier molecular flexibility index (Phi) is 3.47. The molecule has 1 aromatic rings. The SMILES string of the molecule is O=C(O)c1cn(CCN2CCOCC2)nn1. The van der Waals surface area contributed by atoms with E-state index in [2.05, 4.69) is 15.2 Å². The van der Waals surface area contributed by atoms with Crippen molar-refractivity contribution < 1.29 is 14.6 Å². The van der Waals surface area contributed by atoms with E-state index in [0.29, 0.717) is 6.54 Å². The van der Waals surface area contributed by atoms with Crippen molar-refractivity contribution >= 4 is 5.97 Å². The molecular weight excluding hydrogens is 212 g/mol. The van der Waals surface area contributed by atoms with E-state index in [1.165, 1.54) is 6.20 Å². The number of carboxylic acid groups (broad SMARTS) is 1. The lowest BCUT2D eigenvalue weighted by molar-refractivity contribution is 0.0359. The van der Waals surface area contributed by atoms with Crippen LogP contribution in [0, 0.1) is 0 Å². The molecule has 7 heteroatoms. The predicted octanol–water partition coefficient (Wildman–Crippen LogP) is -0.692. The van der Waals surface area contributed by atoms with Crippen molar-refractivity contribution in [3.8, 4) is 0 Å². The topological polar surface area (TPSA) is 80.5 Å². The Balaban J connectivity index is 1.81. The summed E-state index contributed by atoms with van der Waals surface area (Å²) in [5, 5.41) is 16.0. The van der Waals surface area contributed by atoms with Crippen LogP contribution in [0.4, 0.5) is 0 Å². The van der Waals surface area contributed by atoms with E-state index < -0.39 is 5.97 Å². The van der Waals surface area contributed by atoms with E-state index in [9.17, 15) is 4.79 Å². The third-order valence-electron chi connectivity index (χ3n) is 2.51. The van der Waals surface area contributed by atoms with Crippen LogP contribution in [0.5, 0.6) is 0 Å². The maximum Gasteiger partial charge on any atom is 0.358 e. The van der Waals surface area contributed by atoms with Gasteiger partial charge in [0, 0.05) is 19.6 Å². The van der Waals surface area contributed by atoms with Crippen LogP contribution in [0.3, 0.4) is 0 Å². The summed E-state index contributed by atoms with van der Waals surface area (Å²) < 4.78 is 6.79. The lowest BCUT2D eigenvalue weighted by Crippen LogP contribution is -2.38. The molecule has 0 saturated carbocycles. The molecule has 0 unspecified atom stereocenters. The van der Waals surface area contributed by atoms with Gasteiger partial charge in [-0.1, -0.05) is 5.21 Å². The van der Waals surface area contributed by atoms with Gasteiger partial charge < -0.3 is 9.84 Å². The van der Waals surface area contributed by atoms with Gasteiger partial charge in [-0.2, -0.15) is 0 Å². The summed E-state index contributed by atoms with van der Waals surface area (Å²) in [7, 11) is 0. The molecule has 88 valence electrons. The molecule has 1 saturated heterocycles. The molecule has 1 N–H and O–H groups in total. The molecule has 0 amide bonds. The Morgan fingerprint density at radius 1 is 1.44 bits per heavy atom. The van der Waals surface area contributed by atoms with Gasteiger partial charge in [0.15, 0.2) is 5.69 Å². The van der Waals surface area contributed by atoms with Crippen molar-refractivity contribution in [1.29, 1.82) is 0 Å². The van der Waals surface area contributed by atoms with Gasteiger partial charge in [-0.3, -0.25) is 9.58 Å². The van der Waals surface area contributed by atoms with Crippen LogP contribution in [0.25, 0.3) is 0 Å². The second-order valence-corrected chi connectivity index (χ2v) is 3.63. The van der Waals surface area contributed by atoms with Crippen molar-refractivity contribution in [2.45, 2.75) is 6.54 Å². The summed E-state index contributed by atoms with van der Waals surface area (Å²) in [6, 6.07) is 0. The fourth-order valence-electron chi connectivity index (χ4n) is 1.57. The fourth-order valence-corrected chi connectivity index (χ4v) is 1.57. The molecule has 2 heterocycles. The molecule has 0 radical (unpaired) electrons. The second-order valence-electron chi connectivity index (χ2n) is 3.63. The molecule has 0 aromatic carbocycles. The number of hydrogen-bond acceptors (Lipinski definition) is 5. The highest BCUT2D eigenvalue weighted by Crippen LogP contribution is 1.98. The maximum atomic E-state index is 10.6. The van der Waals surface area contributed by atoms with Gasteiger partial charge in [-0.25, -0.2) is 4.79 Å². The van der Waals surface area contributed by atoms with Crippen LogP contribution < -0.4 is 0 Å². The molecule has 7 nitrogen and oxygen atoms in total. The van der Waals surface area contributed by atoms with Crippen molar-refractivity contribution in [3.63, 3.8) is 0 Å². The first kappa shape index (κ1) is 11.0. The van der Waals surface area contributed by atoms with E-state index >= 15 is 0 Å². The highest BCUT2D eigenvalue weighted by Gasteiger charge is 2.11. The minimum absolute atomic E-state index is 0.0121. The van der Waals surface area contributed by atoms with Crippen LogP contribution in [-0.4, -0.2) is 63.8 Å². The predicted molar refractivity (Wildman–Crippen MR) is 54.2 cm³/mol. The van der Waals surface area contributed by atoms with E-state index in [4.69, 9.17) is 9.84 Å². The molecular formula is C9H14N4O3. The van der Waals surface area contributed by atoms with Crippen molar-refractivity contribution in [1.82, 2.24) is 19.9 Å². The molecule has 0 aliphatic carbocycles. The van der Waals surface area contributed by atoms with Crippen LogP contribution in [-0.2, 0) is 11.3 Å². The van der Waals surface area contributed by atoms with E-state index in [1.54, 1.807) is 4.68 Å². The maximum absolute atomic E-state index is 10.6. The van der Waals surface area contributed by atoms with Crippen LogP contribution in [0.15, 0.2) is 6.20 Å². The number of rotatable bonds is 4. The number of carbonyl (C=O) groups is 1. The Morgan fingerprint density at radius 3 is 2.81 bits per heavy atom. The number of ether oxygens (including phenoxy) is 1. The van der Waals surface area contributed by atoms with Gasteiger partial charge >= 0.3 is 5.97 Å². The van der Waals surface area contributed by atoms with Crippen molar-refractivity contribution in [2.75, 3.05) is 32.8 Å². The second kappa shape index (κ2) is 5.04.